The van der Waals surface area contributed by atoms with E-state index >= 15 is 0 Å². The fourth-order valence-electron chi connectivity index (χ4n) is 2.76. The summed E-state index contributed by atoms with van der Waals surface area (Å²) in [7, 11) is 0. The minimum absolute atomic E-state index is 0.137. The van der Waals surface area contributed by atoms with E-state index in [0.29, 0.717) is 30.6 Å². The van der Waals surface area contributed by atoms with Crippen molar-refractivity contribution in [3.63, 3.8) is 0 Å². The number of hydrogen-bond donors (Lipinski definition) is 1. The molecule has 0 radical (unpaired) electrons. The number of nitrogens with one attached hydrogen (secondary N) is 1. The first kappa shape index (κ1) is 17.0. The van der Waals surface area contributed by atoms with Crippen LogP contribution in [0.5, 0.6) is 0 Å². The van der Waals surface area contributed by atoms with Gasteiger partial charge in [0.15, 0.2) is 11.3 Å². The van der Waals surface area contributed by atoms with Crippen LogP contribution in [0.3, 0.4) is 0 Å². The summed E-state index contributed by atoms with van der Waals surface area (Å²) in [4.78, 5) is 28.5. The molecular formula is C16H20N4O5. The molecule has 9 heteroatoms. The Morgan fingerprint density at radius 2 is 2.28 bits per heavy atom. The number of carbonyl (C=O) groups is 1. The molecule has 1 amide bonds. The molecule has 2 aromatic heterocycles. The zero-order chi connectivity index (χ0) is 18.2. The lowest BCUT2D eigenvalue weighted by Gasteiger charge is -2.24. The quantitative estimate of drug-likeness (QED) is 0.670. The predicted molar refractivity (Wildman–Crippen MR) is 90.5 cm³/mol. The van der Waals surface area contributed by atoms with Gasteiger partial charge in [-0.1, -0.05) is 0 Å². The Hall–Kier alpha value is -2.84. The van der Waals surface area contributed by atoms with Crippen molar-refractivity contribution in [2.75, 3.05) is 18.4 Å². The third-order valence-corrected chi connectivity index (χ3v) is 3.84. The number of rotatable bonds is 3. The van der Waals surface area contributed by atoms with Crippen LogP contribution in [-0.4, -0.2) is 45.6 Å². The standard InChI is InChI=1S/C16H20N4O5/c1-16(2,3)25-15(21)19-6-4-10(9-19)18-13-12(20(22)23)8-17-11-5-7-24-14(11)13/h5,7-8,10H,4,6,9H2,1-3H3,(H,17,18). The number of fused-ring (bicyclic) bond motifs is 1. The Bertz CT molecular complexity index is 810. The van der Waals surface area contributed by atoms with E-state index in [-0.39, 0.29) is 23.5 Å². The van der Waals surface area contributed by atoms with Gasteiger partial charge >= 0.3 is 11.8 Å². The van der Waals surface area contributed by atoms with Crippen LogP contribution in [0.4, 0.5) is 16.2 Å². The summed E-state index contributed by atoms with van der Waals surface area (Å²) < 4.78 is 10.7. The number of nitro groups is 1. The van der Waals surface area contributed by atoms with Crippen molar-refractivity contribution in [1.82, 2.24) is 9.88 Å². The summed E-state index contributed by atoms with van der Waals surface area (Å²) in [5.41, 5.74) is 0.446. The maximum absolute atomic E-state index is 12.1. The fraction of sp³-hybridized carbons (Fsp3) is 0.500. The van der Waals surface area contributed by atoms with Gasteiger partial charge in [-0.15, -0.1) is 0 Å². The minimum atomic E-state index is -0.563. The molecule has 0 bridgehead atoms. The van der Waals surface area contributed by atoms with Crippen LogP contribution in [0.1, 0.15) is 27.2 Å². The van der Waals surface area contributed by atoms with Crippen LogP contribution >= 0.6 is 0 Å². The number of carbonyl (C=O) groups excluding carboxylic acids is 1. The van der Waals surface area contributed by atoms with Crippen LogP contribution in [0.2, 0.25) is 0 Å². The Morgan fingerprint density at radius 1 is 1.52 bits per heavy atom. The second-order valence-corrected chi connectivity index (χ2v) is 6.97. The highest BCUT2D eigenvalue weighted by atomic mass is 16.6. The maximum atomic E-state index is 12.1. The average Bonchev–Trinajstić information content (AvgIpc) is 3.13. The lowest BCUT2D eigenvalue weighted by molar-refractivity contribution is -0.384. The Morgan fingerprint density at radius 3 is 2.96 bits per heavy atom. The van der Waals surface area contributed by atoms with E-state index in [9.17, 15) is 14.9 Å². The summed E-state index contributed by atoms with van der Waals surface area (Å²) in [5.74, 6) is 0. The molecule has 0 aromatic carbocycles. The van der Waals surface area contributed by atoms with Crippen molar-refractivity contribution < 1.29 is 18.9 Å². The first-order valence-corrected chi connectivity index (χ1v) is 7.99. The predicted octanol–water partition coefficient (Wildman–Crippen LogP) is 3.16. The summed E-state index contributed by atoms with van der Waals surface area (Å²) >= 11 is 0. The molecule has 1 N–H and O–H groups in total. The largest absolute Gasteiger partial charge is 0.460 e. The highest BCUT2D eigenvalue weighted by Gasteiger charge is 2.32. The molecular weight excluding hydrogens is 328 g/mol. The SMILES string of the molecule is CC(C)(C)OC(=O)N1CCC(Nc2c([N+](=O)[O-])cnc3ccoc23)C1. The molecule has 1 aliphatic rings. The smallest absolute Gasteiger partial charge is 0.410 e. The maximum Gasteiger partial charge on any atom is 0.410 e. The third-order valence-electron chi connectivity index (χ3n) is 3.84. The number of hydrogen-bond acceptors (Lipinski definition) is 7. The summed E-state index contributed by atoms with van der Waals surface area (Å²) in [5, 5.41) is 14.4. The van der Waals surface area contributed by atoms with Gasteiger partial charge in [-0.05, 0) is 27.2 Å². The molecule has 25 heavy (non-hydrogen) atoms. The van der Waals surface area contributed by atoms with Gasteiger partial charge in [-0.25, -0.2) is 9.78 Å². The van der Waals surface area contributed by atoms with E-state index in [2.05, 4.69) is 10.3 Å². The molecule has 3 heterocycles. The normalized spacial score (nSPS) is 17.7. The van der Waals surface area contributed by atoms with Gasteiger partial charge in [0.2, 0.25) is 0 Å². The molecule has 1 saturated heterocycles. The van der Waals surface area contributed by atoms with E-state index in [4.69, 9.17) is 9.15 Å². The van der Waals surface area contributed by atoms with Gasteiger partial charge in [0.1, 0.15) is 17.3 Å². The van der Waals surface area contributed by atoms with Gasteiger partial charge in [0.25, 0.3) is 0 Å². The average molecular weight is 348 g/mol. The van der Waals surface area contributed by atoms with Crippen LogP contribution in [-0.2, 0) is 4.74 Å². The molecule has 3 rings (SSSR count). The molecule has 2 aromatic rings. The first-order valence-electron chi connectivity index (χ1n) is 7.99. The molecule has 1 aliphatic heterocycles. The molecule has 1 unspecified atom stereocenters. The second kappa shape index (κ2) is 6.23. The highest BCUT2D eigenvalue weighted by Crippen LogP contribution is 2.33. The first-order chi connectivity index (χ1) is 11.7. The van der Waals surface area contributed by atoms with Crippen LogP contribution in [0.25, 0.3) is 11.1 Å². The fourth-order valence-corrected chi connectivity index (χ4v) is 2.76. The van der Waals surface area contributed by atoms with E-state index in [1.807, 2.05) is 20.8 Å². The highest BCUT2D eigenvalue weighted by molar-refractivity contribution is 5.91. The van der Waals surface area contributed by atoms with Gasteiger partial charge in [0, 0.05) is 25.2 Å². The molecule has 134 valence electrons. The van der Waals surface area contributed by atoms with E-state index in [1.165, 1.54) is 12.5 Å². The molecule has 9 nitrogen and oxygen atoms in total. The molecule has 1 fully saturated rings. The van der Waals surface area contributed by atoms with Crippen molar-refractivity contribution >= 4 is 28.6 Å². The van der Waals surface area contributed by atoms with Crippen molar-refractivity contribution in [2.24, 2.45) is 0 Å². The Kier molecular flexibility index (Phi) is 4.23. The lowest BCUT2D eigenvalue weighted by Crippen LogP contribution is -2.36. The third kappa shape index (κ3) is 3.65. The molecule has 1 atom stereocenters. The summed E-state index contributed by atoms with van der Waals surface area (Å²) in [6.45, 7) is 6.35. The van der Waals surface area contributed by atoms with Crippen molar-refractivity contribution in [2.45, 2.75) is 38.8 Å². The minimum Gasteiger partial charge on any atom is -0.460 e. The second-order valence-electron chi connectivity index (χ2n) is 6.97. The number of furan rings is 1. The van der Waals surface area contributed by atoms with Crippen molar-refractivity contribution in [3.8, 4) is 0 Å². The van der Waals surface area contributed by atoms with E-state index in [0.717, 1.165) is 0 Å². The Labute approximate surface area is 144 Å². The van der Waals surface area contributed by atoms with Crippen molar-refractivity contribution in [3.05, 3.63) is 28.6 Å². The Balaban J connectivity index is 1.77. The summed E-state index contributed by atoms with van der Waals surface area (Å²) in [6.07, 6.45) is 2.92. The zero-order valence-electron chi connectivity index (χ0n) is 14.3. The summed E-state index contributed by atoms with van der Waals surface area (Å²) in [6, 6.07) is 1.51. The number of nitrogens with zero attached hydrogens (tertiary/aromatic N) is 3. The van der Waals surface area contributed by atoms with Gasteiger partial charge in [0.05, 0.1) is 11.2 Å². The number of anilines is 1. The van der Waals surface area contributed by atoms with Gasteiger partial charge < -0.3 is 19.4 Å². The molecule has 0 saturated carbocycles. The van der Waals surface area contributed by atoms with Crippen LogP contribution in [0.15, 0.2) is 22.9 Å². The topological polar surface area (TPSA) is 111 Å². The van der Waals surface area contributed by atoms with Gasteiger partial charge in [-0.3, -0.25) is 10.1 Å². The lowest BCUT2D eigenvalue weighted by atomic mass is 10.2. The van der Waals surface area contributed by atoms with E-state index < -0.39 is 10.5 Å². The molecule has 0 aliphatic carbocycles. The number of aromatic nitrogens is 1. The number of amides is 1. The zero-order valence-corrected chi connectivity index (χ0v) is 14.3. The number of likely N-dealkylation sites (tertiary alicyclic amines) is 1. The van der Waals surface area contributed by atoms with Crippen LogP contribution in [0, 0.1) is 10.1 Å². The number of pyridine rings is 1. The van der Waals surface area contributed by atoms with Crippen molar-refractivity contribution in [1.29, 1.82) is 0 Å². The molecule has 0 spiro atoms. The monoisotopic (exact) mass is 348 g/mol. The van der Waals surface area contributed by atoms with Gasteiger partial charge in [-0.2, -0.15) is 0 Å². The van der Waals surface area contributed by atoms with Crippen LogP contribution < -0.4 is 5.32 Å². The number of ether oxygens (including phenoxy) is 1. The van der Waals surface area contributed by atoms with E-state index in [1.54, 1.807) is 11.0 Å².